The summed E-state index contributed by atoms with van der Waals surface area (Å²) in [6, 6.07) is 17.9. The summed E-state index contributed by atoms with van der Waals surface area (Å²) in [6.07, 6.45) is 3.00. The van der Waals surface area contributed by atoms with Crippen LogP contribution in [-0.2, 0) is 4.79 Å². The fourth-order valence-electron chi connectivity index (χ4n) is 2.85. The summed E-state index contributed by atoms with van der Waals surface area (Å²) in [5.41, 5.74) is 2.61. The standard InChI is InChI=1S/C25H26N2O4/c1-17-10-12-20(13-11-17)24(28)27-22(15-21-8-6-14-30-21)25(29)26-19(3)16-31-23-9-5-4-7-18(23)2/h4-15,19H,16H2,1-3H3,(H,26,29)(H,27,28)/b22-15-. The summed E-state index contributed by atoms with van der Waals surface area (Å²) in [5.74, 6) is 0.412. The number of nitrogens with one attached hydrogen (secondary N) is 2. The van der Waals surface area contributed by atoms with Gasteiger partial charge in [0.05, 0.1) is 12.3 Å². The Kier molecular flexibility index (Phi) is 7.27. The molecule has 3 aromatic rings. The Hall–Kier alpha value is -3.80. The van der Waals surface area contributed by atoms with Crippen molar-refractivity contribution in [3.63, 3.8) is 0 Å². The minimum Gasteiger partial charge on any atom is -0.491 e. The number of furan rings is 1. The van der Waals surface area contributed by atoms with E-state index in [4.69, 9.17) is 9.15 Å². The normalized spacial score (nSPS) is 12.2. The SMILES string of the molecule is Cc1ccc(C(=O)N/C(=C\c2ccco2)C(=O)NC(C)COc2ccccc2C)cc1. The van der Waals surface area contributed by atoms with Gasteiger partial charge in [0.25, 0.3) is 11.8 Å². The third-order valence-corrected chi connectivity index (χ3v) is 4.60. The van der Waals surface area contributed by atoms with Crippen LogP contribution in [0, 0.1) is 13.8 Å². The summed E-state index contributed by atoms with van der Waals surface area (Å²) in [5, 5.41) is 5.55. The highest BCUT2D eigenvalue weighted by Crippen LogP contribution is 2.16. The van der Waals surface area contributed by atoms with Crippen molar-refractivity contribution in [2.24, 2.45) is 0 Å². The second-order valence-electron chi connectivity index (χ2n) is 7.34. The van der Waals surface area contributed by atoms with Crippen LogP contribution in [0.15, 0.2) is 77.0 Å². The van der Waals surface area contributed by atoms with E-state index >= 15 is 0 Å². The molecule has 1 heterocycles. The molecule has 0 bridgehead atoms. The average molecular weight is 418 g/mol. The van der Waals surface area contributed by atoms with E-state index in [0.717, 1.165) is 16.9 Å². The summed E-state index contributed by atoms with van der Waals surface area (Å²) in [6.45, 7) is 6.03. The average Bonchev–Trinajstić information content (AvgIpc) is 3.26. The van der Waals surface area contributed by atoms with Gasteiger partial charge < -0.3 is 19.8 Å². The van der Waals surface area contributed by atoms with Crippen molar-refractivity contribution in [1.82, 2.24) is 10.6 Å². The van der Waals surface area contributed by atoms with Crippen LogP contribution >= 0.6 is 0 Å². The monoisotopic (exact) mass is 418 g/mol. The molecular formula is C25H26N2O4. The van der Waals surface area contributed by atoms with Gasteiger partial charge in [-0.2, -0.15) is 0 Å². The Bertz CT molecular complexity index is 1050. The number of carbonyl (C=O) groups is 2. The maximum atomic E-state index is 12.9. The van der Waals surface area contributed by atoms with Gasteiger partial charge in [-0.15, -0.1) is 0 Å². The lowest BCUT2D eigenvalue weighted by atomic mass is 10.1. The van der Waals surface area contributed by atoms with Gasteiger partial charge in [-0.3, -0.25) is 9.59 Å². The van der Waals surface area contributed by atoms with Crippen LogP contribution in [0.25, 0.3) is 6.08 Å². The molecule has 0 aliphatic heterocycles. The molecule has 0 aliphatic rings. The summed E-state index contributed by atoms with van der Waals surface area (Å²) < 4.78 is 11.1. The van der Waals surface area contributed by atoms with E-state index in [2.05, 4.69) is 10.6 Å². The first-order chi connectivity index (χ1) is 14.9. The van der Waals surface area contributed by atoms with E-state index in [1.165, 1.54) is 12.3 Å². The van der Waals surface area contributed by atoms with Crippen molar-refractivity contribution in [2.75, 3.05) is 6.61 Å². The molecule has 160 valence electrons. The molecule has 31 heavy (non-hydrogen) atoms. The third kappa shape index (κ3) is 6.34. The van der Waals surface area contributed by atoms with E-state index in [0.29, 0.717) is 11.3 Å². The van der Waals surface area contributed by atoms with E-state index in [-0.39, 0.29) is 24.3 Å². The van der Waals surface area contributed by atoms with Gasteiger partial charge in [0.15, 0.2) is 0 Å². The van der Waals surface area contributed by atoms with Crippen molar-refractivity contribution in [3.8, 4) is 5.75 Å². The molecule has 1 unspecified atom stereocenters. The Labute approximate surface area is 181 Å². The fraction of sp³-hybridized carbons (Fsp3) is 0.200. The summed E-state index contributed by atoms with van der Waals surface area (Å²) >= 11 is 0. The number of carbonyl (C=O) groups excluding carboxylic acids is 2. The van der Waals surface area contributed by atoms with Crippen LogP contribution in [0.4, 0.5) is 0 Å². The van der Waals surface area contributed by atoms with Gasteiger partial charge in [-0.05, 0) is 56.7 Å². The molecule has 6 nitrogen and oxygen atoms in total. The Balaban J connectivity index is 1.68. The van der Waals surface area contributed by atoms with Crippen LogP contribution in [-0.4, -0.2) is 24.5 Å². The molecular weight excluding hydrogens is 392 g/mol. The molecule has 0 saturated carbocycles. The predicted molar refractivity (Wildman–Crippen MR) is 120 cm³/mol. The van der Waals surface area contributed by atoms with Crippen LogP contribution < -0.4 is 15.4 Å². The van der Waals surface area contributed by atoms with E-state index in [9.17, 15) is 9.59 Å². The maximum Gasteiger partial charge on any atom is 0.268 e. The number of rotatable bonds is 8. The zero-order valence-electron chi connectivity index (χ0n) is 17.8. The first kappa shape index (κ1) is 21.9. The lowest BCUT2D eigenvalue weighted by molar-refractivity contribution is -0.118. The first-order valence-electron chi connectivity index (χ1n) is 10.0. The van der Waals surface area contributed by atoms with Crippen molar-refractivity contribution >= 4 is 17.9 Å². The molecule has 0 spiro atoms. The predicted octanol–water partition coefficient (Wildman–Crippen LogP) is 4.25. The van der Waals surface area contributed by atoms with Crippen molar-refractivity contribution in [1.29, 1.82) is 0 Å². The molecule has 2 aromatic carbocycles. The maximum absolute atomic E-state index is 12.9. The first-order valence-corrected chi connectivity index (χ1v) is 10.0. The third-order valence-electron chi connectivity index (χ3n) is 4.60. The minimum absolute atomic E-state index is 0.0864. The number of para-hydroxylation sites is 1. The molecule has 0 radical (unpaired) electrons. The highest BCUT2D eigenvalue weighted by molar-refractivity contribution is 6.05. The van der Waals surface area contributed by atoms with Crippen LogP contribution in [0.2, 0.25) is 0 Å². The quantitative estimate of drug-likeness (QED) is 0.536. The molecule has 3 rings (SSSR count). The van der Waals surface area contributed by atoms with E-state index in [1.807, 2.05) is 57.2 Å². The van der Waals surface area contributed by atoms with Crippen LogP contribution in [0.1, 0.15) is 34.2 Å². The highest BCUT2D eigenvalue weighted by atomic mass is 16.5. The number of hydrogen-bond donors (Lipinski definition) is 2. The van der Waals surface area contributed by atoms with Crippen molar-refractivity contribution < 1.29 is 18.7 Å². The van der Waals surface area contributed by atoms with Gasteiger partial charge in [0, 0.05) is 11.6 Å². The molecule has 0 saturated heterocycles. The second-order valence-corrected chi connectivity index (χ2v) is 7.34. The number of aryl methyl sites for hydroxylation is 2. The van der Waals surface area contributed by atoms with Crippen molar-refractivity contribution in [2.45, 2.75) is 26.8 Å². The van der Waals surface area contributed by atoms with Gasteiger partial charge >= 0.3 is 0 Å². The van der Waals surface area contributed by atoms with Gasteiger partial charge in [-0.25, -0.2) is 0 Å². The topological polar surface area (TPSA) is 80.6 Å². The molecule has 2 amide bonds. The van der Waals surface area contributed by atoms with E-state index < -0.39 is 5.91 Å². The zero-order chi connectivity index (χ0) is 22.2. The Morgan fingerprint density at radius 2 is 1.77 bits per heavy atom. The fourth-order valence-corrected chi connectivity index (χ4v) is 2.85. The van der Waals surface area contributed by atoms with Gasteiger partial charge in [0.2, 0.25) is 0 Å². The number of benzene rings is 2. The molecule has 0 aliphatic carbocycles. The van der Waals surface area contributed by atoms with Crippen LogP contribution in [0.3, 0.4) is 0 Å². The van der Waals surface area contributed by atoms with E-state index in [1.54, 1.807) is 24.3 Å². The number of hydrogen-bond acceptors (Lipinski definition) is 4. The van der Waals surface area contributed by atoms with Crippen LogP contribution in [0.5, 0.6) is 5.75 Å². The smallest absolute Gasteiger partial charge is 0.268 e. The Morgan fingerprint density at radius 1 is 1.03 bits per heavy atom. The summed E-state index contributed by atoms with van der Waals surface area (Å²) in [7, 11) is 0. The lowest BCUT2D eigenvalue weighted by Crippen LogP contribution is -2.41. The summed E-state index contributed by atoms with van der Waals surface area (Å²) in [4.78, 5) is 25.5. The molecule has 2 N–H and O–H groups in total. The minimum atomic E-state index is -0.433. The van der Waals surface area contributed by atoms with Gasteiger partial charge in [0.1, 0.15) is 23.8 Å². The lowest BCUT2D eigenvalue weighted by Gasteiger charge is -2.17. The molecule has 0 fully saturated rings. The zero-order valence-corrected chi connectivity index (χ0v) is 17.8. The highest BCUT2D eigenvalue weighted by Gasteiger charge is 2.17. The second kappa shape index (κ2) is 10.3. The largest absolute Gasteiger partial charge is 0.491 e. The number of amides is 2. The Morgan fingerprint density at radius 3 is 2.45 bits per heavy atom. The molecule has 1 aromatic heterocycles. The van der Waals surface area contributed by atoms with Gasteiger partial charge in [-0.1, -0.05) is 35.9 Å². The molecule has 1 atom stereocenters. The number of ether oxygens (including phenoxy) is 1. The molecule has 6 heteroatoms. The van der Waals surface area contributed by atoms with Crippen molar-refractivity contribution in [3.05, 3.63) is 95.1 Å².